The number of carbonyl (C=O) groups is 1. The van der Waals surface area contributed by atoms with Crippen molar-refractivity contribution in [1.29, 1.82) is 0 Å². The number of amides is 2. The van der Waals surface area contributed by atoms with Gasteiger partial charge in [-0.1, -0.05) is 12.1 Å². The van der Waals surface area contributed by atoms with Gasteiger partial charge in [0.15, 0.2) is 0 Å². The van der Waals surface area contributed by atoms with Crippen LogP contribution in [0.15, 0.2) is 24.3 Å². The zero-order chi connectivity index (χ0) is 15.5. The highest BCUT2D eigenvalue weighted by molar-refractivity contribution is 5.74. The summed E-state index contributed by atoms with van der Waals surface area (Å²) >= 11 is 0. The van der Waals surface area contributed by atoms with Crippen LogP contribution in [0.4, 0.5) is 9.18 Å². The van der Waals surface area contributed by atoms with Crippen LogP contribution in [0.2, 0.25) is 0 Å². The molecule has 2 amide bonds. The molecule has 1 N–H and O–H groups in total. The zero-order valence-electron chi connectivity index (χ0n) is 12.9. The van der Waals surface area contributed by atoms with Crippen molar-refractivity contribution in [3.63, 3.8) is 0 Å². The fraction of sp³-hybridized carbons (Fsp3) is 0.588. The standard InChI is InChI=1S/C17H23FN2O2/c1-12-11-20(7-2-8-22-12)17(21)19-16-9-14(10-16)13-3-5-15(18)6-4-13/h3-6,12,14,16H,2,7-11H2,1H3,(H,19,21). The van der Waals surface area contributed by atoms with Crippen LogP contribution in [0.25, 0.3) is 0 Å². The second-order valence-corrected chi connectivity index (χ2v) is 6.35. The van der Waals surface area contributed by atoms with Crippen LogP contribution >= 0.6 is 0 Å². The van der Waals surface area contributed by atoms with Crippen LogP contribution in [-0.2, 0) is 4.74 Å². The second kappa shape index (κ2) is 6.65. The molecule has 0 bridgehead atoms. The average molecular weight is 306 g/mol. The molecule has 1 aliphatic carbocycles. The van der Waals surface area contributed by atoms with Crippen molar-refractivity contribution in [2.24, 2.45) is 0 Å². The third-order valence-corrected chi connectivity index (χ3v) is 4.55. The number of halogens is 1. The lowest BCUT2D eigenvalue weighted by Gasteiger charge is -2.37. The Morgan fingerprint density at radius 1 is 1.32 bits per heavy atom. The largest absolute Gasteiger partial charge is 0.377 e. The van der Waals surface area contributed by atoms with Crippen molar-refractivity contribution in [3.8, 4) is 0 Å². The summed E-state index contributed by atoms with van der Waals surface area (Å²) in [5.74, 6) is 0.225. The van der Waals surface area contributed by atoms with Gasteiger partial charge >= 0.3 is 6.03 Å². The van der Waals surface area contributed by atoms with Gasteiger partial charge in [0.05, 0.1) is 6.10 Å². The lowest BCUT2D eigenvalue weighted by Crippen LogP contribution is -2.50. The average Bonchev–Trinajstić information content (AvgIpc) is 2.68. The molecule has 1 aromatic rings. The van der Waals surface area contributed by atoms with E-state index in [1.54, 1.807) is 0 Å². The van der Waals surface area contributed by atoms with Gasteiger partial charge in [0, 0.05) is 25.7 Å². The molecule has 1 saturated heterocycles. The summed E-state index contributed by atoms with van der Waals surface area (Å²) in [4.78, 5) is 14.1. The summed E-state index contributed by atoms with van der Waals surface area (Å²) in [7, 11) is 0. The van der Waals surface area contributed by atoms with Crippen molar-refractivity contribution in [3.05, 3.63) is 35.6 Å². The maximum absolute atomic E-state index is 12.9. The summed E-state index contributed by atoms with van der Waals surface area (Å²) in [5.41, 5.74) is 1.16. The predicted octanol–water partition coefficient (Wildman–Crippen LogP) is 2.89. The Morgan fingerprint density at radius 2 is 2.05 bits per heavy atom. The fourth-order valence-corrected chi connectivity index (χ4v) is 3.19. The number of carbonyl (C=O) groups excluding carboxylic acids is 1. The minimum atomic E-state index is -0.203. The lowest BCUT2D eigenvalue weighted by molar-refractivity contribution is 0.0705. The number of rotatable bonds is 2. The van der Waals surface area contributed by atoms with Gasteiger partial charge in [0.2, 0.25) is 0 Å². The smallest absolute Gasteiger partial charge is 0.317 e. The maximum Gasteiger partial charge on any atom is 0.317 e. The molecular formula is C17H23FN2O2. The van der Waals surface area contributed by atoms with Crippen LogP contribution in [0.5, 0.6) is 0 Å². The SMILES string of the molecule is CC1CN(C(=O)NC2CC(c3ccc(F)cc3)C2)CCCO1. The molecule has 120 valence electrons. The zero-order valence-corrected chi connectivity index (χ0v) is 12.9. The summed E-state index contributed by atoms with van der Waals surface area (Å²) in [6.07, 6.45) is 2.84. The monoisotopic (exact) mass is 306 g/mol. The molecule has 3 rings (SSSR count). The van der Waals surface area contributed by atoms with Gasteiger partial charge in [0.1, 0.15) is 5.82 Å². The van der Waals surface area contributed by atoms with Crippen LogP contribution < -0.4 is 5.32 Å². The first-order valence-electron chi connectivity index (χ1n) is 8.04. The van der Waals surface area contributed by atoms with E-state index < -0.39 is 0 Å². The summed E-state index contributed by atoms with van der Waals surface area (Å²) in [5, 5.41) is 3.10. The molecule has 1 atom stereocenters. The van der Waals surface area contributed by atoms with Gasteiger partial charge in [-0.25, -0.2) is 9.18 Å². The molecule has 22 heavy (non-hydrogen) atoms. The summed E-state index contributed by atoms with van der Waals surface area (Å²) in [6, 6.07) is 6.92. The molecule has 1 aromatic carbocycles. The number of nitrogens with zero attached hydrogens (tertiary/aromatic N) is 1. The molecule has 2 aliphatic rings. The number of urea groups is 1. The Balaban J connectivity index is 1.47. The topological polar surface area (TPSA) is 41.6 Å². The van der Waals surface area contributed by atoms with Crippen molar-refractivity contribution in [1.82, 2.24) is 10.2 Å². The van der Waals surface area contributed by atoms with Gasteiger partial charge in [-0.2, -0.15) is 0 Å². The van der Waals surface area contributed by atoms with Crippen molar-refractivity contribution in [2.45, 2.75) is 44.2 Å². The number of hydrogen-bond acceptors (Lipinski definition) is 2. The Hall–Kier alpha value is -1.62. The number of hydrogen-bond donors (Lipinski definition) is 1. The van der Waals surface area contributed by atoms with E-state index in [0.717, 1.165) is 38.0 Å². The molecule has 2 fully saturated rings. The van der Waals surface area contributed by atoms with E-state index >= 15 is 0 Å². The first-order valence-corrected chi connectivity index (χ1v) is 8.04. The van der Waals surface area contributed by atoms with Crippen LogP contribution in [-0.4, -0.2) is 42.8 Å². The van der Waals surface area contributed by atoms with E-state index in [9.17, 15) is 9.18 Å². The van der Waals surface area contributed by atoms with Crippen LogP contribution in [0.1, 0.15) is 37.7 Å². The van der Waals surface area contributed by atoms with E-state index in [1.807, 2.05) is 24.0 Å². The third kappa shape index (κ3) is 3.58. The number of nitrogens with one attached hydrogen (secondary N) is 1. The van der Waals surface area contributed by atoms with E-state index in [0.29, 0.717) is 12.5 Å². The number of benzene rings is 1. The minimum absolute atomic E-state index is 0.0138. The van der Waals surface area contributed by atoms with Crippen molar-refractivity contribution in [2.75, 3.05) is 19.7 Å². The lowest BCUT2D eigenvalue weighted by atomic mass is 9.76. The Bertz CT molecular complexity index is 514. The van der Waals surface area contributed by atoms with E-state index in [1.165, 1.54) is 12.1 Å². The van der Waals surface area contributed by atoms with Gasteiger partial charge < -0.3 is 15.0 Å². The highest BCUT2D eigenvalue weighted by atomic mass is 19.1. The van der Waals surface area contributed by atoms with Crippen molar-refractivity contribution < 1.29 is 13.9 Å². The number of ether oxygens (including phenoxy) is 1. The molecule has 0 aromatic heterocycles. The van der Waals surface area contributed by atoms with E-state index in [2.05, 4.69) is 5.32 Å². The van der Waals surface area contributed by atoms with Gasteiger partial charge in [0.25, 0.3) is 0 Å². The Kier molecular flexibility index (Phi) is 4.62. The van der Waals surface area contributed by atoms with Crippen molar-refractivity contribution >= 4 is 6.03 Å². The van der Waals surface area contributed by atoms with E-state index in [-0.39, 0.29) is 24.0 Å². The third-order valence-electron chi connectivity index (χ3n) is 4.55. The molecule has 0 spiro atoms. The highest BCUT2D eigenvalue weighted by Gasteiger charge is 2.32. The molecule has 5 heteroatoms. The summed E-state index contributed by atoms with van der Waals surface area (Å²) < 4.78 is 18.5. The van der Waals surface area contributed by atoms with Crippen LogP contribution in [0, 0.1) is 5.82 Å². The molecule has 1 aliphatic heterocycles. The fourth-order valence-electron chi connectivity index (χ4n) is 3.19. The molecular weight excluding hydrogens is 283 g/mol. The molecule has 4 nitrogen and oxygen atoms in total. The Morgan fingerprint density at radius 3 is 2.77 bits per heavy atom. The molecule has 1 saturated carbocycles. The highest BCUT2D eigenvalue weighted by Crippen LogP contribution is 2.36. The molecule has 1 heterocycles. The molecule has 1 unspecified atom stereocenters. The summed E-state index contributed by atoms with van der Waals surface area (Å²) in [6.45, 7) is 4.13. The first kappa shape index (κ1) is 15.3. The van der Waals surface area contributed by atoms with E-state index in [4.69, 9.17) is 4.74 Å². The predicted molar refractivity (Wildman–Crippen MR) is 82.3 cm³/mol. The van der Waals surface area contributed by atoms with Crippen LogP contribution in [0.3, 0.4) is 0 Å². The van der Waals surface area contributed by atoms with Gasteiger partial charge in [-0.15, -0.1) is 0 Å². The molecule has 0 radical (unpaired) electrons. The quantitative estimate of drug-likeness (QED) is 0.913. The van der Waals surface area contributed by atoms with Gasteiger partial charge in [-0.3, -0.25) is 0 Å². The minimum Gasteiger partial charge on any atom is -0.377 e. The first-order chi connectivity index (χ1) is 10.6. The maximum atomic E-state index is 12.9. The normalized spacial score (nSPS) is 28.6. The second-order valence-electron chi connectivity index (χ2n) is 6.35. The van der Waals surface area contributed by atoms with Gasteiger partial charge in [-0.05, 0) is 49.8 Å². The Labute approximate surface area is 130 Å².